The quantitative estimate of drug-likeness (QED) is 0.142. The van der Waals surface area contributed by atoms with Gasteiger partial charge in [0.2, 0.25) is 17.6 Å². The number of carbonyl (C=O) groups is 6. The van der Waals surface area contributed by atoms with E-state index in [0.717, 1.165) is 50.2 Å². The van der Waals surface area contributed by atoms with Crippen LogP contribution in [0.3, 0.4) is 0 Å². The van der Waals surface area contributed by atoms with Crippen molar-refractivity contribution in [3.63, 3.8) is 0 Å². The second-order valence-electron chi connectivity index (χ2n) is 9.66. The van der Waals surface area contributed by atoms with Crippen molar-refractivity contribution < 1.29 is 51.1 Å². The minimum absolute atomic E-state index is 0.0363. The molecule has 0 spiro atoms. The zero-order valence-corrected chi connectivity index (χ0v) is 26.7. The molecule has 0 fully saturated rings. The van der Waals surface area contributed by atoms with Crippen LogP contribution in [0.15, 0.2) is 42.5 Å². The third kappa shape index (κ3) is 12.1. The van der Waals surface area contributed by atoms with Crippen LogP contribution in [0.4, 0.5) is 0 Å². The molecule has 1 atom stereocenters. The number of rotatable bonds is 17. The van der Waals surface area contributed by atoms with E-state index in [0.29, 0.717) is 37.3 Å². The van der Waals surface area contributed by atoms with Gasteiger partial charge in [-0.05, 0) is 37.9 Å². The van der Waals surface area contributed by atoms with Gasteiger partial charge in [-0.1, -0.05) is 56.3 Å². The van der Waals surface area contributed by atoms with E-state index in [9.17, 15) is 28.8 Å². The fourth-order valence-electron chi connectivity index (χ4n) is 4.48. The summed E-state index contributed by atoms with van der Waals surface area (Å²) in [5, 5.41) is 16.1. The van der Waals surface area contributed by atoms with Crippen molar-refractivity contribution in [2.75, 3.05) is 38.5 Å². The van der Waals surface area contributed by atoms with E-state index in [1.54, 1.807) is 18.2 Å². The number of unbranched alkanes of at least 4 members (excludes halogenated alkanes) is 3. The summed E-state index contributed by atoms with van der Waals surface area (Å²) >= 11 is 5.39. The van der Waals surface area contributed by atoms with Crippen LogP contribution in [0.2, 0.25) is 0 Å². The van der Waals surface area contributed by atoms with E-state index in [-0.39, 0.29) is 29.9 Å². The predicted molar refractivity (Wildman–Crippen MR) is 159 cm³/mol. The third-order valence-electron chi connectivity index (χ3n) is 6.63. The molecule has 0 aliphatic carbocycles. The monoisotopic (exact) mass is 707 g/mol. The van der Waals surface area contributed by atoms with Crippen molar-refractivity contribution in [1.29, 1.82) is 0 Å². The molecule has 1 aromatic carbocycles. The average Bonchev–Trinajstić information content (AvgIpc) is 3.66. The minimum atomic E-state index is -0.737. The van der Waals surface area contributed by atoms with Crippen molar-refractivity contribution >= 4 is 47.9 Å². The van der Waals surface area contributed by atoms with Crippen LogP contribution in [0.25, 0.3) is 16.0 Å². The second-order valence-corrected chi connectivity index (χ2v) is 9.95. The molecule has 44 heavy (non-hydrogen) atoms. The maximum absolute atomic E-state index is 12.9. The van der Waals surface area contributed by atoms with Gasteiger partial charge in [0.15, 0.2) is 0 Å². The van der Waals surface area contributed by atoms with Crippen molar-refractivity contribution in [2.24, 2.45) is 0 Å². The predicted octanol–water partition coefficient (Wildman–Crippen LogP) is 2.13. The molecule has 2 aromatic rings. The Morgan fingerprint density at radius 3 is 2.00 bits per heavy atom. The van der Waals surface area contributed by atoms with Crippen LogP contribution in [-0.2, 0) is 65.5 Å². The summed E-state index contributed by atoms with van der Waals surface area (Å²) in [4.78, 5) is 71.5. The Hall–Kier alpha value is -3.68. The van der Waals surface area contributed by atoms with Crippen molar-refractivity contribution in [3.8, 4) is 0 Å². The molecule has 2 heterocycles. The normalized spacial score (nSPS) is 13.0. The van der Waals surface area contributed by atoms with Gasteiger partial charge in [-0.15, -0.1) is 5.75 Å². The van der Waals surface area contributed by atoms with Crippen LogP contribution in [0.5, 0.6) is 0 Å². The molecule has 0 bridgehead atoms. The molecule has 15 heteroatoms. The Morgan fingerprint density at radius 2 is 1.36 bits per heavy atom. The molecule has 0 saturated carbocycles. The standard InChI is InChI=1S/C29H38N6O6S.O.Tc/c36-24(16-32-25(37)17-33-26(38)18-34-27(39)19-42)30-13-6-1-2-7-14-31-29(41)21-12-15-35-22(21)10-11-23(35)28(40)20-8-4-3-5-9-20;;/h3-5,8-11,21H,1-2,6-7,12-19H2,(H6,30,31,32,33,34,36,37,38,39,41,42);;/q;;+4/p-4. The number of ketones is 1. The van der Waals surface area contributed by atoms with Crippen LogP contribution in [0.1, 0.15) is 59.8 Å². The van der Waals surface area contributed by atoms with Crippen molar-refractivity contribution in [3.05, 3.63) is 75.4 Å². The maximum atomic E-state index is 12.9. The second kappa shape index (κ2) is 20.3. The van der Waals surface area contributed by atoms with Crippen LogP contribution < -0.4 is 10.6 Å². The molecular weight excluding hydrogens is 674 g/mol. The first-order valence-electron chi connectivity index (χ1n) is 14.0. The van der Waals surface area contributed by atoms with Gasteiger partial charge in [-0.2, -0.15) is 0 Å². The molecule has 13 nitrogen and oxygen atoms in total. The average molecular weight is 709 g/mol. The van der Waals surface area contributed by atoms with E-state index in [1.165, 1.54) is 0 Å². The number of amides is 5. The zero-order chi connectivity index (χ0) is 32.3. The van der Waals surface area contributed by atoms with Gasteiger partial charge in [0.25, 0.3) is 0 Å². The summed E-state index contributed by atoms with van der Waals surface area (Å²) < 4.78 is 10.2. The molecule has 1 aliphatic heterocycles. The van der Waals surface area contributed by atoms with Gasteiger partial charge < -0.3 is 58.2 Å². The molecule has 2 N–H and O–H groups in total. The van der Waals surface area contributed by atoms with Gasteiger partial charge >= 0.3 is 22.4 Å². The number of hydrogen-bond acceptors (Lipinski definition) is 8. The van der Waals surface area contributed by atoms with E-state index in [1.807, 2.05) is 28.8 Å². The fourth-order valence-corrected chi connectivity index (χ4v) is 4.57. The molecule has 1 aromatic heterocycles. The van der Waals surface area contributed by atoms with Gasteiger partial charge in [-0.3, -0.25) is 14.4 Å². The molecule has 3 rings (SSSR count). The van der Waals surface area contributed by atoms with Gasteiger partial charge in [-0.25, -0.2) is 0 Å². The van der Waals surface area contributed by atoms with E-state index in [2.05, 4.69) is 39.2 Å². The fraction of sp³-hybridized carbons (Fsp3) is 0.448. The number of benzene rings is 1. The topological polar surface area (TPSA) is 191 Å². The molecule has 1 aliphatic rings. The summed E-state index contributed by atoms with van der Waals surface area (Å²) in [6.07, 6.45) is 3.92. The van der Waals surface area contributed by atoms with E-state index < -0.39 is 36.7 Å². The third-order valence-corrected chi connectivity index (χ3v) is 6.87. The molecular formula is C29H34N6O7STc. The zero-order valence-electron chi connectivity index (χ0n) is 24.0. The summed E-state index contributed by atoms with van der Waals surface area (Å²) in [5.41, 5.74) is 2.10. The molecule has 0 radical (unpaired) electrons. The number of hydrogen-bond donors (Lipinski definition) is 2. The number of aromatic nitrogens is 1. The summed E-state index contributed by atoms with van der Waals surface area (Å²) in [6, 6.07) is 12.8. The molecule has 0 saturated heterocycles. The van der Waals surface area contributed by atoms with Crippen LogP contribution in [-0.4, -0.2) is 78.4 Å². The van der Waals surface area contributed by atoms with Crippen LogP contribution in [0, 0.1) is 0 Å². The number of fused-ring (bicyclic) bond motifs is 1. The first-order valence-corrected chi connectivity index (χ1v) is 15.3. The summed E-state index contributed by atoms with van der Waals surface area (Å²) in [5.74, 6) is -3.05. The summed E-state index contributed by atoms with van der Waals surface area (Å²) in [7, 11) is 0. The van der Waals surface area contributed by atoms with Gasteiger partial charge in [0.1, 0.15) is 0 Å². The Morgan fingerprint density at radius 1 is 0.773 bits per heavy atom. The Labute approximate surface area is 271 Å². The van der Waals surface area contributed by atoms with Crippen molar-refractivity contribution in [2.45, 2.75) is 44.6 Å². The molecule has 1 unspecified atom stereocenters. The number of nitrogens with one attached hydrogen (secondary N) is 2. The first kappa shape index (κ1) is 36.5. The van der Waals surface area contributed by atoms with Crippen LogP contribution >= 0.6 is 0 Å². The van der Waals surface area contributed by atoms with E-state index in [4.69, 9.17) is 3.50 Å². The number of carbonyl (C=O) groups excluding carboxylic acids is 6. The Balaban J connectivity index is 0.00000330. The van der Waals surface area contributed by atoms with Crippen molar-refractivity contribution in [1.82, 2.24) is 15.2 Å². The Kier molecular flexibility index (Phi) is 16.9. The van der Waals surface area contributed by atoms with Gasteiger partial charge in [0.05, 0.1) is 11.6 Å². The molecule has 5 amide bonds. The van der Waals surface area contributed by atoms with E-state index >= 15 is 0 Å². The summed E-state index contributed by atoms with van der Waals surface area (Å²) in [6.45, 7) is 0.268. The number of nitrogens with zero attached hydrogens (tertiary/aromatic N) is 4. The molecule has 235 valence electrons. The Bertz CT molecular complexity index is 1290. The van der Waals surface area contributed by atoms with Gasteiger partial charge in [0, 0.05) is 48.6 Å². The first-order chi connectivity index (χ1) is 21.3. The SMILES string of the molecule is O=C(C[S-])[N-]CC(=O)[N-]CC(=O)[N-]CC(=O)NCCCCCCNC(=O)C1CCn2c(C(=O)c3ccccc3)ccc21.[O]=[Tc+4].